The van der Waals surface area contributed by atoms with E-state index in [1.54, 1.807) is 6.92 Å². The van der Waals surface area contributed by atoms with E-state index in [1.165, 1.54) is 0 Å². The second-order valence-corrected chi connectivity index (χ2v) is 3.69. The van der Waals surface area contributed by atoms with Crippen LogP contribution in [0.25, 0.3) is 0 Å². The molecule has 0 rings (SSSR count). The van der Waals surface area contributed by atoms with Gasteiger partial charge in [-0.3, -0.25) is 4.79 Å². The Balaban J connectivity index is 3.72. The predicted molar refractivity (Wildman–Crippen MR) is 54.2 cm³/mol. The number of hydrogen-bond acceptors (Lipinski definition) is 2. The SMILES string of the molecule is CC(CNC(=O)CCC(F)(F)F)C(N)=S. The molecular formula is C8H13F3N2OS. The molecule has 0 aromatic carbocycles. The maximum Gasteiger partial charge on any atom is 0.389 e. The van der Waals surface area contributed by atoms with Crippen molar-refractivity contribution in [2.75, 3.05) is 6.54 Å². The Hall–Kier alpha value is -0.850. The number of hydrogen-bond donors (Lipinski definition) is 2. The molecule has 0 saturated carbocycles. The molecule has 0 aromatic heterocycles. The third kappa shape index (κ3) is 8.17. The van der Waals surface area contributed by atoms with Crippen LogP contribution >= 0.6 is 12.2 Å². The van der Waals surface area contributed by atoms with E-state index in [-0.39, 0.29) is 17.5 Å². The molecule has 7 heteroatoms. The van der Waals surface area contributed by atoms with Gasteiger partial charge in [-0.15, -0.1) is 0 Å². The summed E-state index contributed by atoms with van der Waals surface area (Å²) in [5.74, 6) is -0.856. The van der Waals surface area contributed by atoms with Gasteiger partial charge in [0.25, 0.3) is 0 Å². The Labute approximate surface area is 91.2 Å². The summed E-state index contributed by atoms with van der Waals surface area (Å²) in [4.78, 5) is 11.1. The molecule has 3 N–H and O–H groups in total. The molecule has 0 aromatic rings. The van der Waals surface area contributed by atoms with Crippen LogP contribution in [0.1, 0.15) is 19.8 Å². The normalized spacial score (nSPS) is 13.3. The van der Waals surface area contributed by atoms with Crippen molar-refractivity contribution in [2.45, 2.75) is 25.9 Å². The Morgan fingerprint density at radius 2 is 2.07 bits per heavy atom. The van der Waals surface area contributed by atoms with Crippen molar-refractivity contribution in [1.82, 2.24) is 5.32 Å². The monoisotopic (exact) mass is 242 g/mol. The average molecular weight is 242 g/mol. The molecule has 0 spiro atoms. The molecule has 0 aliphatic rings. The highest BCUT2D eigenvalue weighted by Gasteiger charge is 2.27. The lowest BCUT2D eigenvalue weighted by Gasteiger charge is -2.11. The van der Waals surface area contributed by atoms with Gasteiger partial charge in [0.15, 0.2) is 0 Å². The number of amides is 1. The van der Waals surface area contributed by atoms with E-state index < -0.39 is 24.9 Å². The van der Waals surface area contributed by atoms with E-state index in [1.807, 2.05) is 0 Å². The Bertz CT molecular complexity index is 243. The van der Waals surface area contributed by atoms with Crippen LogP contribution in [0.2, 0.25) is 0 Å². The van der Waals surface area contributed by atoms with Crippen LogP contribution in [0.5, 0.6) is 0 Å². The highest BCUT2D eigenvalue weighted by atomic mass is 32.1. The van der Waals surface area contributed by atoms with Crippen molar-refractivity contribution in [3.63, 3.8) is 0 Å². The summed E-state index contributed by atoms with van der Waals surface area (Å²) >= 11 is 4.64. The second-order valence-electron chi connectivity index (χ2n) is 3.22. The van der Waals surface area contributed by atoms with Crippen LogP contribution in [-0.4, -0.2) is 23.6 Å². The van der Waals surface area contributed by atoms with Crippen molar-refractivity contribution in [2.24, 2.45) is 11.7 Å². The van der Waals surface area contributed by atoms with Crippen molar-refractivity contribution >= 4 is 23.1 Å². The molecule has 0 fully saturated rings. The van der Waals surface area contributed by atoms with Crippen LogP contribution in [0.15, 0.2) is 0 Å². The number of carbonyl (C=O) groups is 1. The van der Waals surface area contributed by atoms with Gasteiger partial charge in [0.1, 0.15) is 0 Å². The van der Waals surface area contributed by atoms with Crippen molar-refractivity contribution in [3.8, 4) is 0 Å². The number of alkyl halides is 3. The second kappa shape index (κ2) is 5.89. The predicted octanol–water partition coefficient (Wildman–Crippen LogP) is 1.37. The van der Waals surface area contributed by atoms with Gasteiger partial charge in [-0.05, 0) is 0 Å². The summed E-state index contributed by atoms with van der Waals surface area (Å²) in [7, 11) is 0. The fourth-order valence-corrected chi connectivity index (χ4v) is 0.795. The molecule has 1 atom stereocenters. The molecule has 1 unspecified atom stereocenters. The average Bonchev–Trinajstić information content (AvgIpc) is 2.09. The van der Waals surface area contributed by atoms with E-state index in [2.05, 4.69) is 17.5 Å². The van der Waals surface area contributed by atoms with Crippen molar-refractivity contribution in [3.05, 3.63) is 0 Å². The fraction of sp³-hybridized carbons (Fsp3) is 0.750. The largest absolute Gasteiger partial charge is 0.393 e. The molecule has 1 amide bonds. The van der Waals surface area contributed by atoms with Gasteiger partial charge in [0, 0.05) is 18.9 Å². The number of nitrogens with one attached hydrogen (secondary N) is 1. The molecule has 0 heterocycles. The molecule has 0 saturated heterocycles. The topological polar surface area (TPSA) is 55.1 Å². The lowest BCUT2D eigenvalue weighted by Crippen LogP contribution is -2.34. The highest BCUT2D eigenvalue weighted by molar-refractivity contribution is 7.80. The number of thiocarbonyl (C=S) groups is 1. The summed E-state index contributed by atoms with van der Waals surface area (Å²) in [6, 6.07) is 0. The summed E-state index contributed by atoms with van der Waals surface area (Å²) in [5.41, 5.74) is 5.27. The zero-order chi connectivity index (χ0) is 12.1. The minimum absolute atomic E-state index is 0.173. The van der Waals surface area contributed by atoms with Crippen LogP contribution in [0, 0.1) is 5.92 Å². The molecular weight excluding hydrogens is 229 g/mol. The Morgan fingerprint density at radius 1 is 1.53 bits per heavy atom. The fourth-order valence-electron chi connectivity index (χ4n) is 0.711. The lowest BCUT2D eigenvalue weighted by molar-refractivity contribution is -0.144. The standard InChI is InChI=1S/C8H13F3N2OS/c1-5(7(12)15)4-13-6(14)2-3-8(9,10)11/h5H,2-4H2,1H3,(H2,12,15)(H,13,14). The molecule has 0 aliphatic carbocycles. The van der Waals surface area contributed by atoms with Gasteiger partial charge in [-0.25, -0.2) is 0 Å². The number of rotatable bonds is 5. The van der Waals surface area contributed by atoms with Crippen LogP contribution in [0.3, 0.4) is 0 Å². The van der Waals surface area contributed by atoms with Gasteiger partial charge in [0.2, 0.25) is 5.91 Å². The third-order valence-corrected chi connectivity index (χ3v) is 2.13. The van der Waals surface area contributed by atoms with Gasteiger partial charge in [-0.2, -0.15) is 13.2 Å². The maximum atomic E-state index is 11.7. The number of halogens is 3. The van der Waals surface area contributed by atoms with Crippen molar-refractivity contribution in [1.29, 1.82) is 0 Å². The van der Waals surface area contributed by atoms with Gasteiger partial charge in [0.05, 0.1) is 11.4 Å². The smallest absolute Gasteiger partial charge is 0.389 e. The van der Waals surface area contributed by atoms with E-state index in [4.69, 9.17) is 5.73 Å². The van der Waals surface area contributed by atoms with Gasteiger partial charge < -0.3 is 11.1 Å². The molecule has 15 heavy (non-hydrogen) atoms. The zero-order valence-corrected chi connectivity index (χ0v) is 9.04. The van der Waals surface area contributed by atoms with Gasteiger partial charge >= 0.3 is 6.18 Å². The maximum absolute atomic E-state index is 11.7. The first kappa shape index (κ1) is 14.2. The first-order chi connectivity index (χ1) is 6.72. The Kier molecular flexibility index (Phi) is 5.56. The van der Waals surface area contributed by atoms with Crippen molar-refractivity contribution < 1.29 is 18.0 Å². The summed E-state index contributed by atoms with van der Waals surface area (Å²) < 4.78 is 35.2. The van der Waals surface area contributed by atoms with E-state index in [0.717, 1.165) is 0 Å². The third-order valence-electron chi connectivity index (χ3n) is 1.73. The summed E-state index contributed by atoms with van der Waals surface area (Å²) in [6.45, 7) is 1.86. The van der Waals surface area contributed by atoms with Crippen LogP contribution in [-0.2, 0) is 4.79 Å². The Morgan fingerprint density at radius 3 is 2.47 bits per heavy atom. The van der Waals surface area contributed by atoms with E-state index in [9.17, 15) is 18.0 Å². The first-order valence-corrected chi connectivity index (χ1v) is 4.76. The number of nitrogens with two attached hydrogens (primary N) is 1. The minimum Gasteiger partial charge on any atom is -0.393 e. The lowest BCUT2D eigenvalue weighted by atomic mass is 10.2. The zero-order valence-electron chi connectivity index (χ0n) is 8.23. The van der Waals surface area contributed by atoms with Crippen LogP contribution < -0.4 is 11.1 Å². The molecule has 88 valence electrons. The van der Waals surface area contributed by atoms with E-state index in [0.29, 0.717) is 0 Å². The molecule has 0 bridgehead atoms. The van der Waals surface area contributed by atoms with E-state index >= 15 is 0 Å². The number of carbonyl (C=O) groups excluding carboxylic acids is 1. The van der Waals surface area contributed by atoms with Crippen LogP contribution in [0.4, 0.5) is 13.2 Å². The van der Waals surface area contributed by atoms with Gasteiger partial charge in [-0.1, -0.05) is 19.1 Å². The highest BCUT2D eigenvalue weighted by Crippen LogP contribution is 2.20. The molecule has 0 radical (unpaired) electrons. The first-order valence-electron chi connectivity index (χ1n) is 4.35. The summed E-state index contributed by atoms with van der Waals surface area (Å²) in [5, 5.41) is 2.33. The quantitative estimate of drug-likeness (QED) is 0.716. The molecule has 3 nitrogen and oxygen atoms in total. The summed E-state index contributed by atoms with van der Waals surface area (Å²) in [6.07, 6.45) is -5.97. The minimum atomic E-state index is -4.30. The molecule has 0 aliphatic heterocycles.